The number of aryl methyl sites for hydroxylation is 1. The number of nitrogens with zero attached hydrogens (tertiary/aromatic N) is 1. The number of nitrogens with one attached hydrogen (secondary N) is 1. The molecule has 7 heteroatoms. The minimum Gasteiger partial charge on any atom is -0.461 e. The molecule has 3 heterocycles. The summed E-state index contributed by atoms with van der Waals surface area (Å²) in [6.07, 6.45) is 3.02. The van der Waals surface area contributed by atoms with Crippen molar-refractivity contribution in [2.24, 2.45) is 5.92 Å². The summed E-state index contributed by atoms with van der Waals surface area (Å²) in [6.45, 7) is 0.916. The lowest BCUT2D eigenvalue weighted by Gasteiger charge is -2.26. The third-order valence-electron chi connectivity index (χ3n) is 5.62. The van der Waals surface area contributed by atoms with E-state index in [0.717, 1.165) is 29.4 Å². The molecule has 6 nitrogen and oxygen atoms in total. The highest BCUT2D eigenvalue weighted by Gasteiger charge is 2.44. The summed E-state index contributed by atoms with van der Waals surface area (Å²) >= 11 is 5.38. The first-order valence-electron chi connectivity index (χ1n) is 9.60. The maximum Gasteiger partial charge on any atom is 0.241 e. The number of rotatable bonds is 6. The Kier molecular flexibility index (Phi) is 5.37. The van der Waals surface area contributed by atoms with Gasteiger partial charge in [0.05, 0.1) is 12.0 Å². The van der Waals surface area contributed by atoms with Gasteiger partial charge < -0.3 is 19.4 Å². The van der Waals surface area contributed by atoms with Crippen LogP contribution in [0.5, 0.6) is 0 Å². The zero-order chi connectivity index (χ0) is 19.7. The number of carbonyl (C=O) groups excluding carboxylic acids is 3. The van der Waals surface area contributed by atoms with Crippen LogP contribution in [0.15, 0.2) is 34.7 Å². The van der Waals surface area contributed by atoms with Gasteiger partial charge in [-0.1, -0.05) is 30.4 Å². The summed E-state index contributed by atoms with van der Waals surface area (Å²) in [6, 6.07) is 8.58. The van der Waals surface area contributed by atoms with Crippen LogP contribution in [0.25, 0.3) is 11.0 Å². The summed E-state index contributed by atoms with van der Waals surface area (Å²) in [7, 11) is 0. The van der Waals surface area contributed by atoms with Crippen LogP contribution < -0.4 is 5.32 Å². The quantitative estimate of drug-likeness (QED) is 0.593. The maximum atomic E-state index is 12.9. The molecule has 2 saturated heterocycles. The van der Waals surface area contributed by atoms with Gasteiger partial charge in [0.2, 0.25) is 5.91 Å². The second kappa shape index (κ2) is 7.93. The molecule has 2 fully saturated rings. The number of para-hydroxylation sites is 1. The van der Waals surface area contributed by atoms with Crippen molar-refractivity contribution in [3.63, 3.8) is 0 Å². The topological polar surface area (TPSA) is 79.6 Å². The molecular weight excluding hydrogens is 376 g/mol. The number of likely N-dealkylation sites (tertiary alicyclic amines) is 1. The van der Waals surface area contributed by atoms with Crippen molar-refractivity contribution in [2.75, 3.05) is 13.1 Å². The van der Waals surface area contributed by atoms with Gasteiger partial charge in [0.15, 0.2) is 0 Å². The average Bonchev–Trinajstić information content (AvgIpc) is 3.42. The van der Waals surface area contributed by atoms with E-state index in [2.05, 4.69) is 5.32 Å². The average molecular weight is 398 g/mol. The van der Waals surface area contributed by atoms with Crippen molar-refractivity contribution < 1.29 is 18.8 Å². The van der Waals surface area contributed by atoms with Crippen LogP contribution in [-0.4, -0.2) is 52.9 Å². The monoisotopic (exact) mass is 398 g/mol. The Morgan fingerprint density at radius 3 is 2.93 bits per heavy atom. The fraction of sp³-hybridized carbons (Fsp3) is 0.429. The number of thiocarbonyl (C=S) groups is 1. The molecule has 28 heavy (non-hydrogen) atoms. The van der Waals surface area contributed by atoms with Gasteiger partial charge in [0.1, 0.15) is 29.5 Å². The highest BCUT2D eigenvalue weighted by atomic mass is 32.1. The van der Waals surface area contributed by atoms with E-state index in [0.29, 0.717) is 30.8 Å². The van der Waals surface area contributed by atoms with Crippen LogP contribution in [0, 0.1) is 5.92 Å². The largest absolute Gasteiger partial charge is 0.461 e. The fourth-order valence-corrected chi connectivity index (χ4v) is 4.52. The number of carbonyl (C=O) groups is 3. The molecule has 0 spiro atoms. The van der Waals surface area contributed by atoms with Crippen molar-refractivity contribution in [1.29, 1.82) is 0 Å². The number of hydrogen-bond donors (Lipinski definition) is 1. The van der Waals surface area contributed by atoms with Gasteiger partial charge in [-0.2, -0.15) is 0 Å². The third kappa shape index (κ3) is 3.52. The van der Waals surface area contributed by atoms with E-state index in [1.54, 1.807) is 4.90 Å². The molecule has 0 aliphatic carbocycles. The Balaban J connectivity index is 1.44. The first kappa shape index (κ1) is 19.0. The first-order valence-corrected chi connectivity index (χ1v) is 10.0. The molecular formula is C21H22N2O4S. The molecule has 1 aromatic carbocycles. The molecule has 0 bridgehead atoms. The minimum absolute atomic E-state index is 0.0596. The Hall–Kier alpha value is -2.38. The summed E-state index contributed by atoms with van der Waals surface area (Å²) in [5, 5.41) is 4.09. The van der Waals surface area contributed by atoms with Crippen molar-refractivity contribution >= 4 is 46.0 Å². The first-order chi connectivity index (χ1) is 13.6. The molecule has 3 atom stereocenters. The lowest BCUT2D eigenvalue weighted by Crippen LogP contribution is -2.50. The third-order valence-corrected chi connectivity index (χ3v) is 6.02. The Morgan fingerprint density at radius 2 is 2.14 bits per heavy atom. The van der Waals surface area contributed by atoms with E-state index in [4.69, 9.17) is 16.6 Å². The summed E-state index contributed by atoms with van der Waals surface area (Å²) in [5.41, 5.74) is 0.796. The number of Topliss-reactive ketones (excluding diaryl/α,β-unsaturated/α-hetero) is 1. The van der Waals surface area contributed by atoms with Crippen LogP contribution in [0.2, 0.25) is 0 Å². The lowest BCUT2D eigenvalue weighted by molar-refractivity contribution is -0.138. The van der Waals surface area contributed by atoms with Gasteiger partial charge >= 0.3 is 0 Å². The Labute approximate surface area is 168 Å². The van der Waals surface area contributed by atoms with Crippen LogP contribution in [0.4, 0.5) is 0 Å². The van der Waals surface area contributed by atoms with E-state index in [1.165, 1.54) is 0 Å². The van der Waals surface area contributed by atoms with Gasteiger partial charge in [-0.25, -0.2) is 0 Å². The lowest BCUT2D eigenvalue weighted by atomic mass is 9.91. The van der Waals surface area contributed by atoms with Gasteiger partial charge in [-0.3, -0.25) is 9.59 Å². The van der Waals surface area contributed by atoms with Crippen molar-refractivity contribution in [3.8, 4) is 0 Å². The van der Waals surface area contributed by atoms with Crippen LogP contribution in [0.1, 0.15) is 25.0 Å². The molecule has 1 unspecified atom stereocenters. The maximum absolute atomic E-state index is 12.9. The number of amides is 1. The number of fused-ring (bicyclic) bond motifs is 1. The Morgan fingerprint density at radius 1 is 1.32 bits per heavy atom. The van der Waals surface area contributed by atoms with Gasteiger partial charge in [0, 0.05) is 36.2 Å². The number of ketones is 1. The van der Waals surface area contributed by atoms with Crippen LogP contribution in [-0.2, 0) is 20.8 Å². The predicted octanol–water partition coefficient (Wildman–Crippen LogP) is 2.08. The molecule has 2 aromatic rings. The van der Waals surface area contributed by atoms with E-state index in [-0.39, 0.29) is 18.1 Å². The molecule has 0 saturated carbocycles. The molecule has 2 aliphatic rings. The van der Waals surface area contributed by atoms with Crippen LogP contribution >= 0.6 is 12.2 Å². The Bertz CT molecular complexity index is 904. The minimum atomic E-state index is -0.670. The highest BCUT2D eigenvalue weighted by molar-refractivity contribution is 7.80. The molecule has 146 valence electrons. The van der Waals surface area contributed by atoms with Crippen molar-refractivity contribution in [3.05, 3.63) is 36.1 Å². The van der Waals surface area contributed by atoms with E-state index in [1.807, 2.05) is 30.3 Å². The molecule has 0 radical (unpaired) electrons. The summed E-state index contributed by atoms with van der Waals surface area (Å²) in [5.74, 6) is -0.137. The van der Waals surface area contributed by atoms with Crippen molar-refractivity contribution in [1.82, 2.24) is 10.2 Å². The zero-order valence-corrected chi connectivity index (χ0v) is 16.2. The van der Waals surface area contributed by atoms with Gasteiger partial charge in [-0.15, -0.1) is 0 Å². The summed E-state index contributed by atoms with van der Waals surface area (Å²) < 4.78 is 5.78. The molecule has 2 aliphatic heterocycles. The normalized spacial score (nSPS) is 24.8. The number of furan rings is 1. The van der Waals surface area contributed by atoms with Crippen molar-refractivity contribution in [2.45, 2.75) is 37.8 Å². The smallest absolute Gasteiger partial charge is 0.241 e. The van der Waals surface area contributed by atoms with E-state index < -0.39 is 18.0 Å². The molecule has 1 N–H and O–H groups in total. The van der Waals surface area contributed by atoms with Gasteiger partial charge in [-0.05, 0) is 25.0 Å². The van der Waals surface area contributed by atoms with E-state index >= 15 is 0 Å². The summed E-state index contributed by atoms with van der Waals surface area (Å²) in [4.78, 5) is 39.2. The zero-order valence-electron chi connectivity index (χ0n) is 15.4. The van der Waals surface area contributed by atoms with Crippen LogP contribution in [0.3, 0.4) is 0 Å². The fourth-order valence-electron chi connectivity index (χ4n) is 4.17. The molecule has 4 rings (SSSR count). The number of hydrogen-bond acceptors (Lipinski definition) is 6. The number of benzene rings is 1. The predicted molar refractivity (Wildman–Crippen MR) is 108 cm³/mol. The SMILES string of the molecule is O=C[C@@H]1CCCN1C(=O)[C@H]1NCC(=S)C1C(=O)CCc1cc2ccccc2o1. The van der Waals surface area contributed by atoms with E-state index in [9.17, 15) is 14.4 Å². The highest BCUT2D eigenvalue weighted by Crippen LogP contribution is 2.25. The second-order valence-electron chi connectivity index (χ2n) is 7.40. The molecule has 1 amide bonds. The molecule has 1 aromatic heterocycles. The standard InChI is InChI=1S/C21H22N2O4S/c24-12-14-5-3-9-23(14)21(26)20-19(18(28)11-22-20)16(25)8-7-15-10-13-4-1-2-6-17(13)27-15/h1-2,4,6,10,12,14,19-20,22H,3,5,7-9,11H2/t14-,19?,20-/m0/s1. The number of aldehydes is 1. The second-order valence-corrected chi connectivity index (χ2v) is 7.92. The van der Waals surface area contributed by atoms with Gasteiger partial charge in [0.25, 0.3) is 0 Å².